The smallest absolute Gasteiger partial charge is 0.250 e. The molecular weight excluding hydrogens is 194 g/mol. The highest BCUT2D eigenvalue weighted by atomic mass is 35.5. The van der Waals surface area contributed by atoms with Crippen LogP contribution in [-0.2, 0) is 19.9 Å². The predicted molar refractivity (Wildman–Crippen MR) is 40.7 cm³/mol. The fourth-order valence-electron chi connectivity index (χ4n) is 1.10. The lowest BCUT2D eigenvalue weighted by Crippen LogP contribution is -3.00. The highest BCUT2D eigenvalue weighted by Gasteiger charge is 2.12. The van der Waals surface area contributed by atoms with Gasteiger partial charge in [-0.3, -0.25) is 0 Å². The first-order chi connectivity index (χ1) is 5.83. The van der Waals surface area contributed by atoms with Crippen molar-refractivity contribution in [3.63, 3.8) is 0 Å². The number of hydrogen-bond acceptors (Lipinski definition) is 3. The molecule has 0 radical (unpaired) electrons. The van der Waals surface area contributed by atoms with E-state index in [-0.39, 0.29) is 32.4 Å². The molecule has 0 atom stereocenters. The Morgan fingerprint density at radius 1 is 1.15 bits per heavy atom. The first kappa shape index (κ1) is 12.3. The van der Waals surface area contributed by atoms with Gasteiger partial charge in [0.1, 0.15) is 6.61 Å². The molecule has 0 aliphatic carbocycles. The minimum atomic E-state index is -0.191. The summed E-state index contributed by atoms with van der Waals surface area (Å²) in [5.74, 6) is 0. The van der Waals surface area contributed by atoms with Crippen LogP contribution >= 0.6 is 0 Å². The molecule has 0 saturated heterocycles. The van der Waals surface area contributed by atoms with Crippen molar-refractivity contribution in [1.29, 1.82) is 0 Å². The molecule has 1 aromatic heterocycles. The summed E-state index contributed by atoms with van der Waals surface area (Å²) in [5.41, 5.74) is 1.18. The summed E-state index contributed by atoms with van der Waals surface area (Å²) in [7, 11) is 0. The number of aliphatic hydroxyl groups is 3. The Bertz CT molecular complexity index is 245. The topological polar surface area (TPSA) is 64.6 Å². The van der Waals surface area contributed by atoms with Crippen molar-refractivity contribution in [2.75, 3.05) is 0 Å². The van der Waals surface area contributed by atoms with Crippen LogP contribution in [0.1, 0.15) is 11.3 Å². The van der Waals surface area contributed by atoms with Crippen molar-refractivity contribution >= 4 is 0 Å². The van der Waals surface area contributed by atoms with E-state index in [4.69, 9.17) is 15.3 Å². The number of aliphatic hydroxyl groups excluding tert-OH is 3. The number of nitrogens with zero attached hydrogens (tertiary/aromatic N) is 1. The van der Waals surface area contributed by atoms with Gasteiger partial charge in [-0.15, -0.1) is 0 Å². The van der Waals surface area contributed by atoms with Crippen molar-refractivity contribution in [3.8, 4) is 0 Å². The molecule has 0 aromatic carbocycles. The summed E-state index contributed by atoms with van der Waals surface area (Å²) in [5, 5.41) is 26.6. The molecule has 5 heteroatoms. The van der Waals surface area contributed by atoms with Crippen LogP contribution in [-0.4, -0.2) is 15.3 Å². The maximum absolute atomic E-state index is 8.92. The second-order valence-electron chi connectivity index (χ2n) is 2.41. The Kier molecular flexibility index (Phi) is 5.57. The van der Waals surface area contributed by atoms with Crippen molar-refractivity contribution in [3.05, 3.63) is 29.6 Å². The van der Waals surface area contributed by atoms with Gasteiger partial charge in [0.2, 0.25) is 5.69 Å². The molecule has 74 valence electrons. The maximum atomic E-state index is 8.92. The van der Waals surface area contributed by atoms with Crippen molar-refractivity contribution in [2.24, 2.45) is 0 Å². The van der Waals surface area contributed by atoms with E-state index in [0.717, 1.165) is 0 Å². The van der Waals surface area contributed by atoms with Gasteiger partial charge < -0.3 is 27.7 Å². The fourth-order valence-corrected chi connectivity index (χ4v) is 1.10. The fraction of sp³-hybridized carbons (Fsp3) is 0.375. The van der Waals surface area contributed by atoms with Crippen molar-refractivity contribution < 1.29 is 32.3 Å². The van der Waals surface area contributed by atoms with Gasteiger partial charge in [-0.2, -0.15) is 4.57 Å². The zero-order chi connectivity index (χ0) is 8.97. The van der Waals surface area contributed by atoms with Crippen molar-refractivity contribution in [1.82, 2.24) is 0 Å². The van der Waals surface area contributed by atoms with Gasteiger partial charge in [-0.05, 0) is 6.07 Å². The molecule has 0 saturated carbocycles. The molecule has 0 aliphatic heterocycles. The molecule has 0 amide bonds. The summed E-state index contributed by atoms with van der Waals surface area (Å²) in [6.45, 7) is -0.502. The Morgan fingerprint density at radius 2 is 1.85 bits per heavy atom. The number of pyridine rings is 1. The van der Waals surface area contributed by atoms with E-state index >= 15 is 0 Å². The van der Waals surface area contributed by atoms with E-state index in [2.05, 4.69) is 0 Å². The molecule has 1 rings (SSSR count). The molecule has 0 bridgehead atoms. The van der Waals surface area contributed by atoms with Crippen LogP contribution < -0.4 is 17.0 Å². The van der Waals surface area contributed by atoms with Gasteiger partial charge in [0.05, 0.1) is 6.61 Å². The van der Waals surface area contributed by atoms with E-state index < -0.39 is 0 Å². The quantitative estimate of drug-likeness (QED) is 0.440. The lowest BCUT2D eigenvalue weighted by atomic mass is 10.2. The maximum Gasteiger partial charge on any atom is 0.250 e. The molecule has 1 heterocycles. The third-order valence-electron chi connectivity index (χ3n) is 1.75. The van der Waals surface area contributed by atoms with E-state index in [1.54, 1.807) is 18.3 Å². The van der Waals surface area contributed by atoms with Crippen LogP contribution in [0, 0.1) is 0 Å². The van der Waals surface area contributed by atoms with Crippen LogP contribution in [0.3, 0.4) is 0 Å². The SMILES string of the molecule is OCc1ccc[n+](CO)c1CO.[Cl-]. The molecule has 0 spiro atoms. The lowest BCUT2D eigenvalue weighted by Gasteiger charge is -2.02. The summed E-state index contributed by atoms with van der Waals surface area (Å²) >= 11 is 0. The molecule has 1 aromatic rings. The van der Waals surface area contributed by atoms with Crippen LogP contribution in [0.25, 0.3) is 0 Å². The highest BCUT2D eigenvalue weighted by molar-refractivity contribution is 5.13. The number of rotatable bonds is 3. The summed E-state index contributed by atoms with van der Waals surface area (Å²) in [6, 6.07) is 3.42. The third kappa shape index (κ3) is 2.63. The van der Waals surface area contributed by atoms with Gasteiger partial charge >= 0.3 is 0 Å². The molecule has 0 aliphatic rings. The minimum Gasteiger partial charge on any atom is -1.00 e. The van der Waals surface area contributed by atoms with Gasteiger partial charge in [0.25, 0.3) is 6.73 Å². The average Bonchev–Trinajstić information content (AvgIpc) is 2.16. The number of aromatic nitrogens is 1. The third-order valence-corrected chi connectivity index (χ3v) is 1.75. The van der Waals surface area contributed by atoms with E-state index in [9.17, 15) is 0 Å². The standard InChI is InChI=1S/C8H12NO3.ClH/c10-4-7-2-1-3-9(6-12)8(7)5-11;/h1-3,10-12H,4-6H2;1H/q+1;/p-1. The van der Waals surface area contributed by atoms with E-state index in [1.165, 1.54) is 4.57 Å². The lowest BCUT2D eigenvalue weighted by molar-refractivity contribution is -0.738. The zero-order valence-electron chi connectivity index (χ0n) is 7.02. The Labute approximate surface area is 82.5 Å². The second-order valence-corrected chi connectivity index (χ2v) is 2.41. The Hall–Kier alpha value is -0.680. The molecule has 0 unspecified atom stereocenters. The molecule has 0 fully saturated rings. The molecule has 3 N–H and O–H groups in total. The molecule has 4 nitrogen and oxygen atoms in total. The van der Waals surface area contributed by atoms with E-state index in [0.29, 0.717) is 11.3 Å². The van der Waals surface area contributed by atoms with Crippen LogP contribution in [0.2, 0.25) is 0 Å². The first-order valence-corrected chi connectivity index (χ1v) is 3.66. The average molecular weight is 206 g/mol. The number of hydrogen-bond donors (Lipinski definition) is 3. The second kappa shape index (κ2) is 5.88. The van der Waals surface area contributed by atoms with E-state index in [1.807, 2.05) is 0 Å². The van der Waals surface area contributed by atoms with Gasteiger partial charge in [-0.25, -0.2) is 0 Å². The van der Waals surface area contributed by atoms with Gasteiger partial charge in [0.15, 0.2) is 6.20 Å². The monoisotopic (exact) mass is 205 g/mol. The number of halogens is 1. The van der Waals surface area contributed by atoms with Crippen LogP contribution in [0.5, 0.6) is 0 Å². The first-order valence-electron chi connectivity index (χ1n) is 3.66. The largest absolute Gasteiger partial charge is 1.00 e. The van der Waals surface area contributed by atoms with Crippen LogP contribution in [0.15, 0.2) is 18.3 Å². The van der Waals surface area contributed by atoms with Gasteiger partial charge in [-0.1, -0.05) is 0 Å². The summed E-state index contributed by atoms with van der Waals surface area (Å²) < 4.78 is 1.48. The Morgan fingerprint density at radius 3 is 2.31 bits per heavy atom. The zero-order valence-corrected chi connectivity index (χ0v) is 7.78. The summed E-state index contributed by atoms with van der Waals surface area (Å²) in [6.07, 6.45) is 1.64. The van der Waals surface area contributed by atoms with Gasteiger partial charge in [0, 0.05) is 11.6 Å². The van der Waals surface area contributed by atoms with Crippen molar-refractivity contribution in [2.45, 2.75) is 19.9 Å². The Balaban J connectivity index is 0.00000144. The molecular formula is C8H12ClNO3. The predicted octanol–water partition coefficient (Wildman–Crippen LogP) is -4.09. The van der Waals surface area contributed by atoms with Crippen LogP contribution in [0.4, 0.5) is 0 Å². The minimum absolute atomic E-state index is 0. The molecule has 13 heavy (non-hydrogen) atoms. The summed E-state index contributed by atoms with van der Waals surface area (Å²) in [4.78, 5) is 0. The normalized spacial score (nSPS) is 9.46. The highest BCUT2D eigenvalue weighted by Crippen LogP contribution is 2.02.